The second-order valence-electron chi connectivity index (χ2n) is 9.88. The van der Waals surface area contributed by atoms with Crippen LogP contribution < -0.4 is 4.74 Å². The van der Waals surface area contributed by atoms with Crippen LogP contribution in [0, 0.1) is 17.8 Å². The summed E-state index contributed by atoms with van der Waals surface area (Å²) in [6.45, 7) is 12.1. The molecule has 1 aromatic carbocycles. The molecule has 0 bridgehead atoms. The number of ketones is 1. The second-order valence-corrected chi connectivity index (χ2v) is 14.6. The molecule has 4 heteroatoms. The predicted molar refractivity (Wildman–Crippen MR) is 117 cm³/mol. The van der Waals surface area contributed by atoms with Crippen LogP contribution in [-0.2, 0) is 9.22 Å². The molecule has 154 valence electrons. The minimum Gasteiger partial charge on any atom is -0.547 e. The van der Waals surface area contributed by atoms with Crippen LogP contribution in [0.4, 0.5) is 0 Å². The van der Waals surface area contributed by atoms with Crippen molar-refractivity contribution in [3.05, 3.63) is 42.2 Å². The summed E-state index contributed by atoms with van der Waals surface area (Å²) in [7, 11) is -1.91. The molecule has 3 rings (SSSR count). The number of ether oxygens (including phenoxy) is 1. The molecule has 2 fully saturated rings. The van der Waals surface area contributed by atoms with Gasteiger partial charge >= 0.3 is 0 Å². The first-order valence-electron chi connectivity index (χ1n) is 10.8. The van der Waals surface area contributed by atoms with Gasteiger partial charge in [-0.2, -0.15) is 0 Å². The van der Waals surface area contributed by atoms with Crippen molar-refractivity contribution in [2.45, 2.75) is 71.0 Å². The number of hydrogen-bond acceptors (Lipinski definition) is 3. The third-order valence-electron chi connectivity index (χ3n) is 6.98. The molecule has 2 saturated carbocycles. The van der Waals surface area contributed by atoms with E-state index in [1.54, 1.807) is 0 Å². The molecule has 0 saturated heterocycles. The van der Waals surface area contributed by atoms with Gasteiger partial charge in [-0.05, 0) is 61.5 Å². The van der Waals surface area contributed by atoms with Crippen molar-refractivity contribution in [1.82, 2.24) is 0 Å². The Morgan fingerprint density at radius 3 is 2.54 bits per heavy atom. The average Bonchev–Trinajstić information content (AvgIpc) is 3.21. The fraction of sp³-hybridized carbons (Fsp3) is 0.625. The minimum atomic E-state index is -1.91. The van der Waals surface area contributed by atoms with E-state index < -0.39 is 8.32 Å². The van der Waals surface area contributed by atoms with Crippen LogP contribution in [0.5, 0.6) is 5.75 Å². The fourth-order valence-corrected chi connectivity index (χ4v) is 5.46. The van der Waals surface area contributed by atoms with E-state index in [0.29, 0.717) is 24.2 Å². The zero-order valence-corrected chi connectivity index (χ0v) is 19.2. The van der Waals surface area contributed by atoms with E-state index in [1.807, 2.05) is 30.3 Å². The molecular formula is C24H36O3Si. The van der Waals surface area contributed by atoms with Gasteiger partial charge in [-0.15, -0.1) is 0 Å². The molecule has 3 nitrogen and oxygen atoms in total. The van der Waals surface area contributed by atoms with Gasteiger partial charge in [-0.1, -0.05) is 39.0 Å². The molecule has 0 heterocycles. The van der Waals surface area contributed by atoms with E-state index in [9.17, 15) is 4.79 Å². The Kier molecular flexibility index (Phi) is 6.38. The highest BCUT2D eigenvalue weighted by Crippen LogP contribution is 2.50. The largest absolute Gasteiger partial charge is 0.547 e. The minimum absolute atomic E-state index is 0.163. The monoisotopic (exact) mass is 400 g/mol. The summed E-state index contributed by atoms with van der Waals surface area (Å²) in [5.41, 5.74) is 0. The summed E-state index contributed by atoms with van der Waals surface area (Å²) in [6, 6.07) is 9.96. The fourth-order valence-electron chi connectivity index (χ4n) is 4.33. The number of para-hydroxylation sites is 1. The maximum atomic E-state index is 12.2. The van der Waals surface area contributed by atoms with Gasteiger partial charge in [0.2, 0.25) is 8.32 Å². The topological polar surface area (TPSA) is 35.5 Å². The van der Waals surface area contributed by atoms with Crippen molar-refractivity contribution in [2.75, 3.05) is 6.61 Å². The summed E-state index contributed by atoms with van der Waals surface area (Å²) in [4.78, 5) is 12.2. The van der Waals surface area contributed by atoms with Gasteiger partial charge in [0, 0.05) is 24.7 Å². The molecule has 0 spiro atoms. The van der Waals surface area contributed by atoms with Crippen molar-refractivity contribution in [3.8, 4) is 5.75 Å². The molecular weight excluding hydrogens is 364 g/mol. The zero-order valence-electron chi connectivity index (χ0n) is 18.2. The van der Waals surface area contributed by atoms with Crippen molar-refractivity contribution < 1.29 is 14.0 Å². The van der Waals surface area contributed by atoms with Crippen molar-refractivity contribution in [3.63, 3.8) is 0 Å². The number of fused-ring (bicyclic) bond motifs is 1. The van der Waals surface area contributed by atoms with Gasteiger partial charge < -0.3 is 9.16 Å². The lowest BCUT2D eigenvalue weighted by Gasteiger charge is -2.39. The Hall–Kier alpha value is -1.55. The highest BCUT2D eigenvalue weighted by atomic mass is 28.4. The maximum absolute atomic E-state index is 12.2. The summed E-state index contributed by atoms with van der Waals surface area (Å²) in [5, 5.41) is 0.163. The molecule has 1 aromatic rings. The van der Waals surface area contributed by atoms with Crippen molar-refractivity contribution in [1.29, 1.82) is 0 Å². The zero-order chi connectivity index (χ0) is 20.4. The van der Waals surface area contributed by atoms with Gasteiger partial charge in [0.25, 0.3) is 0 Å². The molecule has 0 aliphatic heterocycles. The van der Waals surface area contributed by atoms with Crippen molar-refractivity contribution >= 4 is 14.1 Å². The maximum Gasteiger partial charge on any atom is 0.250 e. The summed E-state index contributed by atoms with van der Waals surface area (Å²) < 4.78 is 12.7. The lowest BCUT2D eigenvalue weighted by molar-refractivity contribution is -0.120. The number of carbonyl (C=O) groups excluding carboxylic acids is 1. The molecule has 0 amide bonds. The highest BCUT2D eigenvalue weighted by Gasteiger charge is 2.48. The van der Waals surface area contributed by atoms with Crippen LogP contribution in [0.1, 0.15) is 52.9 Å². The summed E-state index contributed by atoms with van der Waals surface area (Å²) in [5.74, 6) is 3.69. The molecule has 0 radical (unpaired) electrons. The van der Waals surface area contributed by atoms with Crippen LogP contribution in [0.3, 0.4) is 0 Å². The van der Waals surface area contributed by atoms with Crippen LogP contribution in [0.15, 0.2) is 42.2 Å². The van der Waals surface area contributed by atoms with E-state index in [0.717, 1.165) is 43.6 Å². The van der Waals surface area contributed by atoms with Gasteiger partial charge in [-0.25, -0.2) is 0 Å². The first-order chi connectivity index (χ1) is 13.2. The van der Waals surface area contributed by atoms with E-state index in [-0.39, 0.29) is 11.0 Å². The Labute approximate surface area is 171 Å². The van der Waals surface area contributed by atoms with Gasteiger partial charge in [-0.3, -0.25) is 4.79 Å². The summed E-state index contributed by atoms with van der Waals surface area (Å²) >= 11 is 0. The van der Waals surface area contributed by atoms with E-state index in [1.165, 1.54) is 0 Å². The van der Waals surface area contributed by atoms with Gasteiger partial charge in [0.15, 0.2) is 0 Å². The lowest BCUT2D eigenvalue weighted by Crippen LogP contribution is -2.41. The normalized spacial score (nSPS) is 25.7. The number of carbonyl (C=O) groups is 1. The smallest absolute Gasteiger partial charge is 0.250 e. The third kappa shape index (κ3) is 4.70. The quantitative estimate of drug-likeness (QED) is 0.303. The average molecular weight is 401 g/mol. The first-order valence-corrected chi connectivity index (χ1v) is 13.7. The van der Waals surface area contributed by atoms with Gasteiger partial charge in [0.1, 0.15) is 11.5 Å². The Balaban J connectivity index is 1.72. The predicted octanol–water partition coefficient (Wildman–Crippen LogP) is 6.37. The lowest BCUT2D eigenvalue weighted by atomic mass is 9.90. The number of benzene rings is 1. The molecule has 0 N–H and O–H groups in total. The molecule has 3 atom stereocenters. The van der Waals surface area contributed by atoms with Crippen LogP contribution in [-0.4, -0.2) is 20.7 Å². The number of allylic oxidation sites excluding steroid dienone is 1. The number of rotatable bonds is 7. The highest BCUT2D eigenvalue weighted by molar-refractivity contribution is 6.74. The molecule has 2 aliphatic rings. The number of Topliss-reactive ketones (excluding diaryl/α,β-unsaturated/α-hetero) is 1. The Bertz CT molecular complexity index is 702. The first kappa shape index (κ1) is 21.2. The number of hydrogen-bond donors (Lipinski definition) is 0. The van der Waals surface area contributed by atoms with E-state index >= 15 is 0 Å². The van der Waals surface area contributed by atoms with E-state index in [4.69, 9.17) is 9.16 Å². The molecule has 0 aromatic heterocycles. The van der Waals surface area contributed by atoms with Gasteiger partial charge in [0.05, 0.1) is 12.4 Å². The second kappa shape index (κ2) is 8.44. The molecule has 2 unspecified atom stereocenters. The Morgan fingerprint density at radius 2 is 1.86 bits per heavy atom. The van der Waals surface area contributed by atoms with Crippen LogP contribution in [0.2, 0.25) is 18.1 Å². The van der Waals surface area contributed by atoms with E-state index in [2.05, 4.69) is 39.9 Å². The SMILES string of the molecule is CC(C)(C)[Si](C)(C)O/C(=C/CCOc1ccccc1)[C@H]1CCC2C(=O)CCC21. The van der Waals surface area contributed by atoms with Crippen LogP contribution >= 0.6 is 0 Å². The standard InChI is InChI=1S/C24H36O3Si/c1-24(2,3)28(4,5)27-23(12-9-17-26-18-10-7-6-8-11-18)21-14-13-20-19(21)15-16-22(20)25/h6-8,10-12,19-21H,9,13-17H2,1-5H3/b23-12+/t19?,20?,21-/m0/s1. The molecule has 2 aliphatic carbocycles. The third-order valence-corrected chi connectivity index (χ3v) is 11.3. The summed E-state index contributed by atoms with van der Waals surface area (Å²) in [6.07, 6.45) is 7.01. The van der Waals surface area contributed by atoms with Crippen molar-refractivity contribution in [2.24, 2.45) is 17.8 Å². The Morgan fingerprint density at radius 1 is 1.14 bits per heavy atom. The molecule has 28 heavy (non-hydrogen) atoms. The van der Waals surface area contributed by atoms with Crippen LogP contribution in [0.25, 0.3) is 0 Å².